The van der Waals surface area contributed by atoms with E-state index in [0.717, 1.165) is 33.6 Å². The Bertz CT molecular complexity index is 1450. The third kappa shape index (κ3) is 8.02. The van der Waals surface area contributed by atoms with Gasteiger partial charge < -0.3 is 20.1 Å². The molecule has 0 saturated carbocycles. The first-order valence-corrected chi connectivity index (χ1v) is 13.6. The fraction of sp³-hybridized carbons (Fsp3) is 0.281. The highest BCUT2D eigenvalue weighted by Gasteiger charge is 2.26. The normalized spacial score (nSPS) is 16.3. The third-order valence-electron chi connectivity index (χ3n) is 6.79. The summed E-state index contributed by atoms with van der Waals surface area (Å²) in [6.07, 6.45) is 1.67. The number of benzene rings is 3. The molecule has 1 saturated heterocycles. The Hall–Kier alpha value is -4.50. The number of nitrogens with zero attached hydrogens (tertiary/aromatic N) is 4. The topological polar surface area (TPSA) is 93.8 Å². The molecular weight excluding hydrogens is 519 g/mol. The number of anilines is 2. The van der Waals surface area contributed by atoms with Crippen molar-refractivity contribution in [2.45, 2.75) is 26.9 Å². The number of morpholine rings is 1. The summed E-state index contributed by atoms with van der Waals surface area (Å²) in [6, 6.07) is 21.2. The molecule has 1 heterocycles. The molecule has 1 fully saturated rings. The molecule has 0 bridgehead atoms. The smallest absolute Gasteiger partial charge is 0.240 e. The fourth-order valence-corrected chi connectivity index (χ4v) is 4.46. The maximum Gasteiger partial charge on any atom is 0.240 e. The SMILES string of the molecule is C=C(F)/C(=N\C(=NC)N/N=C/c1ccc(Nc2ccc(-c3cccc(O)c3)cc2)cc1C)N1CCOC(C(C)C)C1. The molecule has 0 aliphatic carbocycles. The third-order valence-corrected chi connectivity index (χ3v) is 6.79. The van der Waals surface area contributed by atoms with Gasteiger partial charge in [-0.2, -0.15) is 10.1 Å². The fourth-order valence-electron chi connectivity index (χ4n) is 4.46. The first-order valence-electron chi connectivity index (χ1n) is 13.6. The van der Waals surface area contributed by atoms with Crippen LogP contribution in [-0.4, -0.2) is 60.9 Å². The van der Waals surface area contributed by atoms with Crippen molar-refractivity contribution in [1.29, 1.82) is 0 Å². The van der Waals surface area contributed by atoms with Gasteiger partial charge in [-0.25, -0.2) is 9.82 Å². The minimum Gasteiger partial charge on any atom is -0.508 e. The van der Waals surface area contributed by atoms with Gasteiger partial charge in [-0.15, -0.1) is 0 Å². The van der Waals surface area contributed by atoms with E-state index in [1.165, 1.54) is 0 Å². The lowest BCUT2D eigenvalue weighted by atomic mass is 10.0. The number of aliphatic imine (C=N–C) groups is 2. The second kappa shape index (κ2) is 13.7. The molecule has 3 N–H and O–H groups in total. The molecule has 4 rings (SSSR count). The summed E-state index contributed by atoms with van der Waals surface area (Å²) in [7, 11) is 1.57. The van der Waals surface area contributed by atoms with Crippen LogP contribution in [0.25, 0.3) is 11.1 Å². The van der Waals surface area contributed by atoms with Crippen LogP contribution in [-0.2, 0) is 4.74 Å². The van der Waals surface area contributed by atoms with Gasteiger partial charge in [-0.05, 0) is 71.5 Å². The molecule has 8 nitrogen and oxygen atoms in total. The van der Waals surface area contributed by atoms with Crippen LogP contribution in [0, 0.1) is 12.8 Å². The maximum absolute atomic E-state index is 14.4. The second-order valence-electron chi connectivity index (χ2n) is 10.2. The number of guanidine groups is 1. The Morgan fingerprint density at radius 1 is 1.10 bits per heavy atom. The van der Waals surface area contributed by atoms with Crippen molar-refractivity contribution in [3.05, 3.63) is 90.3 Å². The van der Waals surface area contributed by atoms with Gasteiger partial charge >= 0.3 is 0 Å². The van der Waals surface area contributed by atoms with E-state index in [2.05, 4.69) is 46.3 Å². The number of hydrogen-bond donors (Lipinski definition) is 3. The van der Waals surface area contributed by atoms with Crippen LogP contribution in [0.2, 0.25) is 0 Å². The number of aromatic hydroxyl groups is 1. The number of nitrogens with one attached hydrogen (secondary N) is 2. The number of phenolic OH excluding ortho intramolecular Hbond substituents is 1. The highest BCUT2D eigenvalue weighted by molar-refractivity contribution is 6.04. The predicted molar refractivity (Wildman–Crippen MR) is 166 cm³/mol. The van der Waals surface area contributed by atoms with E-state index >= 15 is 0 Å². The number of hydrazone groups is 1. The molecule has 0 spiro atoms. The molecule has 3 aromatic rings. The van der Waals surface area contributed by atoms with E-state index in [4.69, 9.17) is 4.74 Å². The number of ether oxygens (including phenoxy) is 1. The van der Waals surface area contributed by atoms with E-state index in [0.29, 0.717) is 25.6 Å². The molecule has 1 unspecified atom stereocenters. The Morgan fingerprint density at radius 2 is 1.85 bits per heavy atom. The summed E-state index contributed by atoms with van der Waals surface area (Å²) < 4.78 is 20.2. The molecule has 3 aromatic carbocycles. The molecule has 0 radical (unpaired) electrons. The van der Waals surface area contributed by atoms with Gasteiger partial charge in [0.25, 0.3) is 0 Å². The van der Waals surface area contributed by atoms with Crippen molar-refractivity contribution < 1.29 is 14.2 Å². The van der Waals surface area contributed by atoms with E-state index in [9.17, 15) is 9.50 Å². The number of aryl methyl sites for hydroxylation is 1. The Kier molecular flexibility index (Phi) is 9.86. The summed E-state index contributed by atoms with van der Waals surface area (Å²) in [6.45, 7) is 11.2. The van der Waals surface area contributed by atoms with Crippen molar-refractivity contribution in [2.24, 2.45) is 21.0 Å². The summed E-state index contributed by atoms with van der Waals surface area (Å²) in [5.41, 5.74) is 8.60. The second-order valence-corrected chi connectivity index (χ2v) is 10.2. The minimum absolute atomic E-state index is 0.00853. The number of hydrogen-bond acceptors (Lipinski definition) is 5. The quantitative estimate of drug-likeness (QED) is 0.181. The van der Waals surface area contributed by atoms with Crippen molar-refractivity contribution >= 4 is 29.4 Å². The summed E-state index contributed by atoms with van der Waals surface area (Å²) >= 11 is 0. The molecule has 0 amide bonds. The lowest BCUT2D eigenvalue weighted by Gasteiger charge is -2.36. The van der Waals surface area contributed by atoms with Crippen LogP contribution in [0.3, 0.4) is 0 Å². The van der Waals surface area contributed by atoms with Crippen LogP contribution >= 0.6 is 0 Å². The van der Waals surface area contributed by atoms with Crippen LogP contribution in [0.1, 0.15) is 25.0 Å². The summed E-state index contributed by atoms with van der Waals surface area (Å²) in [5, 5.41) is 17.4. The molecule has 0 aromatic heterocycles. The van der Waals surface area contributed by atoms with Crippen LogP contribution < -0.4 is 10.7 Å². The first-order chi connectivity index (χ1) is 19.7. The minimum atomic E-state index is -0.630. The van der Waals surface area contributed by atoms with Gasteiger partial charge in [0.1, 0.15) is 5.75 Å². The Balaban J connectivity index is 1.39. The highest BCUT2D eigenvalue weighted by atomic mass is 19.1. The van der Waals surface area contributed by atoms with E-state index in [-0.39, 0.29) is 23.6 Å². The van der Waals surface area contributed by atoms with E-state index in [1.54, 1.807) is 25.4 Å². The predicted octanol–water partition coefficient (Wildman–Crippen LogP) is 6.26. The molecule has 1 atom stereocenters. The molecule has 9 heteroatoms. The number of amidine groups is 1. The highest BCUT2D eigenvalue weighted by Crippen LogP contribution is 2.26. The van der Waals surface area contributed by atoms with Crippen LogP contribution in [0.5, 0.6) is 5.75 Å². The monoisotopic (exact) mass is 556 g/mol. The number of rotatable bonds is 7. The van der Waals surface area contributed by atoms with Crippen LogP contribution in [0.15, 0.2) is 94.2 Å². The lowest BCUT2D eigenvalue weighted by Crippen LogP contribution is -2.48. The average Bonchev–Trinajstić information content (AvgIpc) is 2.96. The van der Waals surface area contributed by atoms with Crippen molar-refractivity contribution in [1.82, 2.24) is 10.3 Å². The van der Waals surface area contributed by atoms with Crippen molar-refractivity contribution in [2.75, 3.05) is 32.1 Å². The molecular formula is C32H37FN6O2. The molecule has 1 aliphatic heterocycles. The zero-order valence-corrected chi connectivity index (χ0v) is 23.9. The average molecular weight is 557 g/mol. The van der Waals surface area contributed by atoms with Gasteiger partial charge in [0.15, 0.2) is 11.7 Å². The molecule has 1 aliphatic rings. The Morgan fingerprint density at radius 3 is 2.51 bits per heavy atom. The standard InChI is InChI=1S/C32H37FN6O2/c1-21(2)30-20-39(15-16-41-30)31(23(4)33)37-32(34-5)38-35-19-26-11-14-28(17-22(26)3)36-27-12-9-24(10-13-27)25-7-6-8-29(40)18-25/h6-14,17-19,21,30,36,40H,4,15-16,20H2,1-3,5H3,(H,34,38)/b35-19+,37-31+. The van der Waals surface area contributed by atoms with Gasteiger partial charge in [-0.1, -0.05) is 50.8 Å². The van der Waals surface area contributed by atoms with Gasteiger partial charge in [-0.3, -0.25) is 4.99 Å². The zero-order valence-electron chi connectivity index (χ0n) is 23.9. The zero-order chi connectivity index (χ0) is 29.4. The maximum atomic E-state index is 14.4. The van der Waals surface area contributed by atoms with Crippen molar-refractivity contribution in [3.8, 4) is 16.9 Å². The molecule has 41 heavy (non-hydrogen) atoms. The number of phenols is 1. The van der Waals surface area contributed by atoms with E-state index < -0.39 is 5.83 Å². The molecule has 214 valence electrons. The van der Waals surface area contributed by atoms with E-state index in [1.807, 2.05) is 66.4 Å². The Labute approximate surface area is 241 Å². The largest absolute Gasteiger partial charge is 0.508 e. The van der Waals surface area contributed by atoms with Crippen LogP contribution in [0.4, 0.5) is 15.8 Å². The lowest BCUT2D eigenvalue weighted by molar-refractivity contribution is -0.0303. The van der Waals surface area contributed by atoms with Gasteiger partial charge in [0.2, 0.25) is 5.96 Å². The first kappa shape index (κ1) is 29.5. The van der Waals surface area contributed by atoms with Gasteiger partial charge in [0, 0.05) is 31.5 Å². The van der Waals surface area contributed by atoms with Gasteiger partial charge in [0.05, 0.1) is 18.9 Å². The van der Waals surface area contributed by atoms with Crippen molar-refractivity contribution in [3.63, 3.8) is 0 Å². The summed E-state index contributed by atoms with van der Waals surface area (Å²) in [5.74, 6) is 0.217. The number of halogens is 1. The summed E-state index contributed by atoms with van der Waals surface area (Å²) in [4.78, 5) is 10.3.